The summed E-state index contributed by atoms with van der Waals surface area (Å²) in [6.45, 7) is 0.833. The van der Waals surface area contributed by atoms with Crippen molar-refractivity contribution in [2.75, 3.05) is 6.73 Å². The van der Waals surface area contributed by atoms with Gasteiger partial charge in [0.15, 0.2) is 0 Å². The summed E-state index contributed by atoms with van der Waals surface area (Å²) in [5, 5.41) is 14.8. The molecule has 0 fully saturated rings. The number of aliphatic carboxylic acids is 1. The predicted molar refractivity (Wildman–Crippen MR) is 24.6 cm³/mol. The summed E-state index contributed by atoms with van der Waals surface area (Å²) in [6, 6.07) is 0. The topological polar surface area (TPSA) is 83.5 Å². The number of hydrogen-bond acceptors (Lipinski definition) is 3. The van der Waals surface area contributed by atoms with Gasteiger partial charge in [0, 0.05) is 6.92 Å². The van der Waals surface area contributed by atoms with Crippen LogP contribution in [0.15, 0.2) is 0 Å². The van der Waals surface area contributed by atoms with E-state index in [1.165, 1.54) is 0 Å². The molecule has 4 heteroatoms. The average molecular weight is 107 g/mol. The van der Waals surface area contributed by atoms with Gasteiger partial charge >= 0.3 is 0 Å². The molecule has 0 spiro atoms. The molecule has 0 unspecified atom stereocenters. The number of nitrogens with two attached hydrogens (primary N) is 1. The highest BCUT2D eigenvalue weighted by atomic mass is 16.4. The summed E-state index contributed by atoms with van der Waals surface area (Å²) in [7, 11) is 0. The SMILES string of the molecule is CC(=O)O.NCO. The molecule has 0 aromatic rings. The van der Waals surface area contributed by atoms with Crippen molar-refractivity contribution in [2.24, 2.45) is 5.73 Å². The van der Waals surface area contributed by atoms with E-state index in [9.17, 15) is 0 Å². The summed E-state index contributed by atoms with van der Waals surface area (Å²) in [6.07, 6.45) is 0. The number of hydrogen-bond donors (Lipinski definition) is 3. The van der Waals surface area contributed by atoms with Crippen molar-refractivity contribution in [1.29, 1.82) is 0 Å². The first-order valence-electron chi connectivity index (χ1n) is 1.65. The van der Waals surface area contributed by atoms with E-state index in [4.69, 9.17) is 15.0 Å². The molecule has 0 saturated carbocycles. The molecular weight excluding hydrogens is 98.0 g/mol. The molecule has 0 aliphatic heterocycles. The first-order chi connectivity index (χ1) is 3.15. The highest BCUT2D eigenvalue weighted by Gasteiger charge is 1.65. The van der Waals surface area contributed by atoms with E-state index in [0.717, 1.165) is 6.92 Å². The summed E-state index contributed by atoms with van der Waals surface area (Å²) >= 11 is 0. The third kappa shape index (κ3) is 166. The highest BCUT2D eigenvalue weighted by molar-refractivity contribution is 5.62. The quantitative estimate of drug-likeness (QED) is 0.346. The molecule has 44 valence electrons. The zero-order valence-corrected chi connectivity index (χ0v) is 4.09. The molecule has 0 bridgehead atoms. The Labute approximate surface area is 41.6 Å². The van der Waals surface area contributed by atoms with Crippen molar-refractivity contribution in [3.05, 3.63) is 0 Å². The van der Waals surface area contributed by atoms with Crippen molar-refractivity contribution in [2.45, 2.75) is 6.92 Å². The van der Waals surface area contributed by atoms with E-state index in [1.807, 2.05) is 0 Å². The molecule has 0 aliphatic rings. The minimum atomic E-state index is -0.833. The van der Waals surface area contributed by atoms with Crippen LogP contribution >= 0.6 is 0 Å². The molecule has 4 nitrogen and oxygen atoms in total. The maximum Gasteiger partial charge on any atom is 0.300 e. The van der Waals surface area contributed by atoms with Crippen LogP contribution in [0.25, 0.3) is 0 Å². The first-order valence-corrected chi connectivity index (χ1v) is 1.65. The minimum Gasteiger partial charge on any atom is -0.481 e. The molecule has 0 radical (unpaired) electrons. The molecule has 0 aromatic carbocycles. The molecule has 0 rings (SSSR count). The number of rotatable bonds is 0. The molecule has 0 aliphatic carbocycles. The lowest BCUT2D eigenvalue weighted by atomic mass is 10.9. The van der Waals surface area contributed by atoms with Crippen LogP contribution in [0.4, 0.5) is 0 Å². The van der Waals surface area contributed by atoms with Gasteiger partial charge in [-0.25, -0.2) is 0 Å². The van der Waals surface area contributed by atoms with Crippen LogP contribution < -0.4 is 5.73 Å². The normalized spacial score (nSPS) is 6.14. The van der Waals surface area contributed by atoms with Crippen molar-refractivity contribution in [1.82, 2.24) is 0 Å². The van der Waals surface area contributed by atoms with E-state index in [2.05, 4.69) is 5.73 Å². The van der Waals surface area contributed by atoms with Crippen molar-refractivity contribution >= 4 is 5.97 Å². The lowest BCUT2D eigenvalue weighted by Gasteiger charge is -1.59. The average Bonchev–Trinajstić information content (AvgIpc) is 1.33. The fourth-order valence-electron chi connectivity index (χ4n) is 0. The van der Waals surface area contributed by atoms with Gasteiger partial charge in [-0.05, 0) is 0 Å². The van der Waals surface area contributed by atoms with Crippen LogP contribution in [0.1, 0.15) is 6.92 Å². The van der Waals surface area contributed by atoms with Gasteiger partial charge in [-0.15, -0.1) is 0 Å². The van der Waals surface area contributed by atoms with Gasteiger partial charge in [0.05, 0.1) is 6.73 Å². The zero-order valence-electron chi connectivity index (χ0n) is 4.09. The Morgan fingerprint density at radius 1 is 1.86 bits per heavy atom. The molecule has 0 atom stereocenters. The molecule has 0 heterocycles. The van der Waals surface area contributed by atoms with E-state index in [-0.39, 0.29) is 6.73 Å². The second-order valence-electron chi connectivity index (χ2n) is 0.702. The molecule has 0 amide bonds. The number of carboxylic acid groups (broad SMARTS) is 1. The molecule has 0 aromatic heterocycles. The maximum atomic E-state index is 9.00. The lowest BCUT2D eigenvalue weighted by molar-refractivity contribution is -0.134. The van der Waals surface area contributed by atoms with E-state index in [0.29, 0.717) is 0 Å². The summed E-state index contributed by atoms with van der Waals surface area (Å²) in [5.74, 6) is -0.833. The smallest absolute Gasteiger partial charge is 0.300 e. The second-order valence-corrected chi connectivity index (χ2v) is 0.702. The first kappa shape index (κ1) is 9.63. The molecule has 4 N–H and O–H groups in total. The fourth-order valence-corrected chi connectivity index (χ4v) is 0. The lowest BCUT2D eigenvalue weighted by Crippen LogP contribution is -1.92. The van der Waals surface area contributed by atoms with Crippen molar-refractivity contribution in [3.63, 3.8) is 0 Å². The Morgan fingerprint density at radius 3 is 1.86 bits per heavy atom. The van der Waals surface area contributed by atoms with Gasteiger partial charge in [-0.1, -0.05) is 0 Å². The van der Waals surface area contributed by atoms with Crippen LogP contribution in [0.2, 0.25) is 0 Å². The fraction of sp³-hybridized carbons (Fsp3) is 0.667. The summed E-state index contributed by atoms with van der Waals surface area (Å²) < 4.78 is 0. The number of carboxylic acids is 1. The van der Waals surface area contributed by atoms with Crippen LogP contribution in [0.3, 0.4) is 0 Å². The molecule has 7 heavy (non-hydrogen) atoms. The van der Waals surface area contributed by atoms with Gasteiger partial charge in [0.2, 0.25) is 0 Å². The van der Waals surface area contributed by atoms with E-state index in [1.54, 1.807) is 0 Å². The number of carbonyl (C=O) groups is 1. The highest BCUT2D eigenvalue weighted by Crippen LogP contribution is 1.42. The maximum absolute atomic E-state index is 9.00. The van der Waals surface area contributed by atoms with Crippen LogP contribution in [0.5, 0.6) is 0 Å². The van der Waals surface area contributed by atoms with Gasteiger partial charge in [0.25, 0.3) is 5.97 Å². The Balaban J connectivity index is 0. The minimum absolute atomic E-state index is 0.250. The largest absolute Gasteiger partial charge is 0.481 e. The van der Waals surface area contributed by atoms with E-state index >= 15 is 0 Å². The molecule has 0 saturated heterocycles. The van der Waals surface area contributed by atoms with Crippen molar-refractivity contribution < 1.29 is 15.0 Å². The van der Waals surface area contributed by atoms with E-state index < -0.39 is 5.97 Å². The Morgan fingerprint density at radius 2 is 1.86 bits per heavy atom. The predicted octanol–water partition coefficient (Wildman–Crippen LogP) is -1.01. The Kier molecular flexibility index (Phi) is 12.4. The summed E-state index contributed by atoms with van der Waals surface area (Å²) in [4.78, 5) is 9.00. The third-order valence-electron chi connectivity index (χ3n) is 0. The number of aliphatic hydroxyl groups excluding tert-OH is 1. The van der Waals surface area contributed by atoms with Crippen LogP contribution in [-0.4, -0.2) is 22.9 Å². The number of aliphatic hydroxyl groups is 1. The van der Waals surface area contributed by atoms with Gasteiger partial charge in [0.1, 0.15) is 0 Å². The third-order valence-corrected chi connectivity index (χ3v) is 0. The van der Waals surface area contributed by atoms with Crippen LogP contribution in [0, 0.1) is 0 Å². The standard InChI is InChI=1S/C2H4O2.CH5NO/c1-2(3)4;2-1-3/h1H3,(H,3,4);3H,1-2H2. The van der Waals surface area contributed by atoms with Crippen LogP contribution in [-0.2, 0) is 4.79 Å². The van der Waals surface area contributed by atoms with Gasteiger partial charge in [-0.2, -0.15) is 0 Å². The summed E-state index contributed by atoms with van der Waals surface area (Å²) in [5.41, 5.74) is 4.40. The zero-order chi connectivity index (χ0) is 6.28. The molecular formula is C3H9NO3. The Bertz CT molecular complexity index is 41.4. The Hall–Kier alpha value is -0.610. The van der Waals surface area contributed by atoms with Gasteiger partial charge < -0.3 is 15.9 Å². The monoisotopic (exact) mass is 107 g/mol. The van der Waals surface area contributed by atoms with Crippen molar-refractivity contribution in [3.8, 4) is 0 Å². The second kappa shape index (κ2) is 9.04. The van der Waals surface area contributed by atoms with Gasteiger partial charge in [-0.3, -0.25) is 4.79 Å².